The summed E-state index contributed by atoms with van der Waals surface area (Å²) in [6.45, 7) is 5.99. The van der Waals surface area contributed by atoms with E-state index in [9.17, 15) is 0 Å². The number of hydrogen-bond donors (Lipinski definition) is 1. The van der Waals surface area contributed by atoms with E-state index in [1.54, 1.807) is 18.2 Å². The number of halogens is 2. The number of nitrogens with zero attached hydrogens (tertiary/aromatic N) is 3. The molecule has 1 fully saturated rings. The zero-order valence-corrected chi connectivity index (χ0v) is 13.2. The van der Waals surface area contributed by atoms with Crippen molar-refractivity contribution < 1.29 is 4.52 Å². The summed E-state index contributed by atoms with van der Waals surface area (Å²) in [4.78, 5) is 6.80. The number of benzene rings is 1. The van der Waals surface area contributed by atoms with Gasteiger partial charge in [-0.25, -0.2) is 0 Å². The average molecular weight is 327 g/mol. The fraction of sp³-hybridized carbons (Fsp3) is 0.429. The molecule has 1 aliphatic rings. The molecule has 1 unspecified atom stereocenters. The summed E-state index contributed by atoms with van der Waals surface area (Å²) in [5.41, 5.74) is 0.759. The minimum Gasteiger partial charge on any atom is -0.337 e. The van der Waals surface area contributed by atoms with Crippen LogP contribution in [0.2, 0.25) is 10.0 Å². The van der Waals surface area contributed by atoms with Gasteiger partial charge in [-0.2, -0.15) is 4.98 Å². The van der Waals surface area contributed by atoms with Crippen molar-refractivity contribution in [1.82, 2.24) is 20.4 Å². The van der Waals surface area contributed by atoms with Crippen molar-refractivity contribution in [3.05, 3.63) is 34.1 Å². The molecule has 0 bridgehead atoms. The van der Waals surface area contributed by atoms with Crippen LogP contribution in [0.15, 0.2) is 22.7 Å². The van der Waals surface area contributed by atoms with Crippen molar-refractivity contribution in [2.45, 2.75) is 13.0 Å². The highest BCUT2D eigenvalue weighted by Crippen LogP contribution is 2.27. The topological polar surface area (TPSA) is 54.2 Å². The molecule has 2 aromatic rings. The van der Waals surface area contributed by atoms with Gasteiger partial charge >= 0.3 is 0 Å². The Bertz CT molecular complexity index is 605. The van der Waals surface area contributed by atoms with Gasteiger partial charge in [0.25, 0.3) is 0 Å². The van der Waals surface area contributed by atoms with Gasteiger partial charge in [-0.15, -0.1) is 0 Å². The summed E-state index contributed by atoms with van der Waals surface area (Å²) in [7, 11) is 0. The highest BCUT2D eigenvalue weighted by molar-refractivity contribution is 6.35. The molecule has 1 atom stereocenters. The van der Waals surface area contributed by atoms with Crippen LogP contribution in [0.1, 0.15) is 18.9 Å². The number of nitrogens with one attached hydrogen (secondary N) is 1. The molecule has 0 saturated carbocycles. The van der Waals surface area contributed by atoms with Crippen LogP contribution in [0.4, 0.5) is 0 Å². The van der Waals surface area contributed by atoms with Crippen LogP contribution >= 0.6 is 23.2 Å². The Hall–Kier alpha value is -1.14. The van der Waals surface area contributed by atoms with Gasteiger partial charge in [-0.05, 0) is 25.1 Å². The molecule has 0 spiro atoms. The third-order valence-electron chi connectivity index (χ3n) is 3.62. The molecular formula is C14H16Cl2N4O. The number of hydrogen-bond acceptors (Lipinski definition) is 5. The van der Waals surface area contributed by atoms with Crippen molar-refractivity contribution >= 4 is 23.2 Å². The molecule has 5 nitrogen and oxygen atoms in total. The molecule has 1 saturated heterocycles. The van der Waals surface area contributed by atoms with Crippen LogP contribution in [0.5, 0.6) is 0 Å². The Morgan fingerprint density at radius 3 is 2.52 bits per heavy atom. The molecule has 1 aromatic carbocycles. The van der Waals surface area contributed by atoms with Crippen molar-refractivity contribution in [3.63, 3.8) is 0 Å². The van der Waals surface area contributed by atoms with Crippen molar-refractivity contribution in [1.29, 1.82) is 0 Å². The molecule has 1 aromatic heterocycles. The van der Waals surface area contributed by atoms with Gasteiger partial charge in [-0.3, -0.25) is 4.90 Å². The molecule has 0 radical (unpaired) electrons. The lowest BCUT2D eigenvalue weighted by Crippen LogP contribution is -2.44. The smallest absolute Gasteiger partial charge is 0.244 e. The Morgan fingerprint density at radius 2 is 1.86 bits per heavy atom. The molecule has 0 amide bonds. The van der Waals surface area contributed by atoms with Gasteiger partial charge in [0.1, 0.15) is 0 Å². The highest BCUT2D eigenvalue weighted by atomic mass is 35.5. The van der Waals surface area contributed by atoms with Crippen LogP contribution in [0.3, 0.4) is 0 Å². The normalized spacial score (nSPS) is 17.9. The lowest BCUT2D eigenvalue weighted by atomic mass is 10.2. The second-order valence-corrected chi connectivity index (χ2v) is 5.95. The first-order valence-electron chi connectivity index (χ1n) is 6.88. The van der Waals surface area contributed by atoms with Crippen LogP contribution in [0.25, 0.3) is 11.4 Å². The Kier molecular flexibility index (Phi) is 4.45. The van der Waals surface area contributed by atoms with Crippen LogP contribution in [-0.4, -0.2) is 41.2 Å². The minimum absolute atomic E-state index is 0.100. The van der Waals surface area contributed by atoms with E-state index in [4.69, 9.17) is 27.7 Å². The van der Waals surface area contributed by atoms with E-state index in [0.717, 1.165) is 31.7 Å². The second kappa shape index (κ2) is 6.32. The van der Waals surface area contributed by atoms with Gasteiger partial charge in [0.05, 0.1) is 6.04 Å². The van der Waals surface area contributed by atoms with Gasteiger partial charge < -0.3 is 9.84 Å². The summed E-state index contributed by atoms with van der Waals surface area (Å²) in [5.74, 6) is 1.12. The third-order valence-corrected chi connectivity index (χ3v) is 4.06. The molecule has 2 heterocycles. The largest absolute Gasteiger partial charge is 0.337 e. The van der Waals surface area contributed by atoms with Crippen molar-refractivity contribution in [3.8, 4) is 11.4 Å². The summed E-state index contributed by atoms with van der Waals surface area (Å²) < 4.78 is 5.40. The highest BCUT2D eigenvalue weighted by Gasteiger charge is 2.23. The lowest BCUT2D eigenvalue weighted by molar-refractivity contribution is 0.154. The van der Waals surface area contributed by atoms with Gasteiger partial charge in [0, 0.05) is 41.8 Å². The molecule has 7 heteroatoms. The van der Waals surface area contributed by atoms with E-state index < -0.39 is 0 Å². The second-order valence-electron chi connectivity index (χ2n) is 5.08. The first-order chi connectivity index (χ1) is 10.1. The maximum absolute atomic E-state index is 6.01. The zero-order chi connectivity index (χ0) is 14.8. The minimum atomic E-state index is 0.100. The van der Waals surface area contributed by atoms with Gasteiger partial charge in [0.15, 0.2) is 0 Å². The Balaban J connectivity index is 1.82. The number of rotatable bonds is 3. The van der Waals surface area contributed by atoms with Crippen molar-refractivity contribution in [2.24, 2.45) is 0 Å². The number of piperazine rings is 1. The van der Waals surface area contributed by atoms with E-state index in [1.807, 2.05) is 0 Å². The van der Waals surface area contributed by atoms with Crippen LogP contribution in [-0.2, 0) is 0 Å². The Morgan fingerprint density at radius 1 is 1.19 bits per heavy atom. The lowest BCUT2D eigenvalue weighted by Gasteiger charge is -2.30. The monoisotopic (exact) mass is 326 g/mol. The molecule has 112 valence electrons. The summed E-state index contributed by atoms with van der Waals surface area (Å²) in [6.07, 6.45) is 0. The SMILES string of the molecule is CC(c1nc(-c2cc(Cl)cc(Cl)c2)no1)N1CCNCC1. The molecule has 21 heavy (non-hydrogen) atoms. The molecule has 0 aliphatic carbocycles. The first kappa shape index (κ1) is 14.8. The molecular weight excluding hydrogens is 311 g/mol. The average Bonchev–Trinajstić information content (AvgIpc) is 2.96. The molecule has 1 N–H and O–H groups in total. The summed E-state index contributed by atoms with van der Waals surface area (Å²) >= 11 is 12.0. The van der Waals surface area contributed by atoms with E-state index in [1.165, 1.54) is 0 Å². The summed E-state index contributed by atoms with van der Waals surface area (Å²) in [6, 6.07) is 5.33. The quantitative estimate of drug-likeness (QED) is 0.939. The van der Waals surface area contributed by atoms with Gasteiger partial charge in [0.2, 0.25) is 11.7 Å². The van der Waals surface area contributed by atoms with E-state index in [2.05, 4.69) is 27.3 Å². The standard InChI is InChI=1S/C14H16Cl2N4O/c1-9(20-4-2-17-3-5-20)14-18-13(19-21-14)10-6-11(15)8-12(16)7-10/h6-9,17H,2-5H2,1H3. The Labute approximate surface area is 133 Å². The van der Waals surface area contributed by atoms with E-state index >= 15 is 0 Å². The molecule has 1 aliphatic heterocycles. The molecule has 3 rings (SSSR count). The maximum atomic E-state index is 6.01. The van der Waals surface area contributed by atoms with Crippen molar-refractivity contribution in [2.75, 3.05) is 26.2 Å². The van der Waals surface area contributed by atoms with Crippen LogP contribution in [0, 0.1) is 0 Å². The van der Waals surface area contributed by atoms with Gasteiger partial charge in [-0.1, -0.05) is 28.4 Å². The third kappa shape index (κ3) is 3.37. The van der Waals surface area contributed by atoms with E-state index in [-0.39, 0.29) is 6.04 Å². The predicted molar refractivity (Wildman–Crippen MR) is 82.6 cm³/mol. The summed E-state index contributed by atoms with van der Waals surface area (Å²) in [5, 5.41) is 8.48. The maximum Gasteiger partial charge on any atom is 0.244 e. The fourth-order valence-electron chi connectivity index (χ4n) is 2.43. The first-order valence-corrected chi connectivity index (χ1v) is 7.64. The predicted octanol–water partition coefficient (Wildman–Crippen LogP) is 3.01. The van der Waals surface area contributed by atoms with Crippen LogP contribution < -0.4 is 5.32 Å². The zero-order valence-electron chi connectivity index (χ0n) is 11.6. The fourth-order valence-corrected chi connectivity index (χ4v) is 2.96. The number of aromatic nitrogens is 2. The van der Waals surface area contributed by atoms with E-state index in [0.29, 0.717) is 21.8 Å².